The zero-order valence-electron chi connectivity index (χ0n) is 9.95. The van der Waals surface area contributed by atoms with Gasteiger partial charge in [0.1, 0.15) is 5.54 Å². The van der Waals surface area contributed by atoms with E-state index in [1.165, 1.54) is 6.26 Å². The number of amides is 1. The molecule has 0 aromatic carbocycles. The summed E-state index contributed by atoms with van der Waals surface area (Å²) in [6, 6.07) is 4.00. The second-order valence-corrected chi connectivity index (χ2v) is 4.64. The van der Waals surface area contributed by atoms with Crippen LogP contribution >= 0.6 is 0 Å². The first-order valence-electron chi connectivity index (χ1n) is 5.95. The van der Waals surface area contributed by atoms with E-state index >= 15 is 0 Å². The lowest BCUT2D eigenvalue weighted by Gasteiger charge is -2.31. The van der Waals surface area contributed by atoms with Gasteiger partial charge in [0, 0.05) is 5.56 Å². The van der Waals surface area contributed by atoms with Gasteiger partial charge in [-0.1, -0.05) is 19.3 Å². The van der Waals surface area contributed by atoms with Gasteiger partial charge in [-0.25, -0.2) is 0 Å². The van der Waals surface area contributed by atoms with Crippen LogP contribution < -0.4 is 5.32 Å². The SMILES string of the molecule is Cc1ccoc1C(=O)NC1(C#N)CCCCC1. The molecule has 0 unspecified atom stereocenters. The molecule has 1 N–H and O–H groups in total. The van der Waals surface area contributed by atoms with Crippen LogP contribution in [0.5, 0.6) is 0 Å². The van der Waals surface area contributed by atoms with E-state index in [1.54, 1.807) is 6.07 Å². The van der Waals surface area contributed by atoms with Crippen molar-refractivity contribution in [2.75, 3.05) is 0 Å². The van der Waals surface area contributed by atoms with E-state index in [9.17, 15) is 10.1 Å². The Morgan fingerprint density at radius 1 is 1.47 bits per heavy atom. The van der Waals surface area contributed by atoms with Gasteiger partial charge in [-0.3, -0.25) is 4.79 Å². The van der Waals surface area contributed by atoms with E-state index in [-0.39, 0.29) is 5.91 Å². The van der Waals surface area contributed by atoms with Crippen LogP contribution in [0.1, 0.15) is 48.2 Å². The number of hydrogen-bond acceptors (Lipinski definition) is 3. The van der Waals surface area contributed by atoms with Crippen LogP contribution in [0.3, 0.4) is 0 Å². The van der Waals surface area contributed by atoms with Crippen LogP contribution in [0.15, 0.2) is 16.7 Å². The van der Waals surface area contributed by atoms with Crippen LogP contribution in [-0.2, 0) is 0 Å². The van der Waals surface area contributed by atoms with Gasteiger partial charge in [0.2, 0.25) is 0 Å². The lowest BCUT2D eigenvalue weighted by molar-refractivity contribution is 0.0873. The summed E-state index contributed by atoms with van der Waals surface area (Å²) in [5, 5.41) is 12.1. The van der Waals surface area contributed by atoms with E-state index in [0.717, 1.165) is 37.7 Å². The molecule has 17 heavy (non-hydrogen) atoms. The third-order valence-electron chi connectivity index (χ3n) is 3.34. The molecule has 2 rings (SSSR count). The molecule has 0 radical (unpaired) electrons. The van der Waals surface area contributed by atoms with Crippen molar-refractivity contribution in [2.45, 2.75) is 44.6 Å². The predicted octanol–water partition coefficient (Wildman–Crippen LogP) is 2.54. The quantitative estimate of drug-likeness (QED) is 0.852. The van der Waals surface area contributed by atoms with Gasteiger partial charge in [0.25, 0.3) is 5.91 Å². The lowest BCUT2D eigenvalue weighted by Crippen LogP contribution is -2.48. The lowest BCUT2D eigenvalue weighted by atomic mass is 9.83. The van der Waals surface area contributed by atoms with Crippen molar-refractivity contribution >= 4 is 5.91 Å². The first kappa shape index (κ1) is 11.7. The summed E-state index contributed by atoms with van der Waals surface area (Å²) in [5.74, 6) is 0.0288. The predicted molar refractivity (Wildman–Crippen MR) is 62.3 cm³/mol. The van der Waals surface area contributed by atoms with Gasteiger partial charge >= 0.3 is 0 Å². The molecule has 4 heteroatoms. The maximum atomic E-state index is 12.0. The van der Waals surface area contributed by atoms with Gasteiger partial charge in [-0.15, -0.1) is 0 Å². The summed E-state index contributed by atoms with van der Waals surface area (Å²) >= 11 is 0. The molecular weight excluding hydrogens is 216 g/mol. The summed E-state index contributed by atoms with van der Waals surface area (Å²) in [6.07, 6.45) is 6.07. The molecule has 1 heterocycles. The highest BCUT2D eigenvalue weighted by molar-refractivity contribution is 5.93. The second kappa shape index (κ2) is 4.62. The highest BCUT2D eigenvalue weighted by Gasteiger charge is 2.34. The first-order chi connectivity index (χ1) is 8.17. The molecule has 0 aliphatic heterocycles. The Kier molecular flexibility index (Phi) is 3.19. The van der Waals surface area contributed by atoms with Gasteiger partial charge in [-0.2, -0.15) is 5.26 Å². The summed E-state index contributed by atoms with van der Waals surface area (Å²) in [5.41, 5.74) is 0.0978. The van der Waals surface area contributed by atoms with Crippen LogP contribution in [-0.4, -0.2) is 11.4 Å². The molecule has 90 valence electrons. The Labute approximate surface area is 101 Å². The Bertz CT molecular complexity index is 450. The van der Waals surface area contributed by atoms with E-state index in [0.29, 0.717) is 5.76 Å². The van der Waals surface area contributed by atoms with Crippen molar-refractivity contribution in [2.24, 2.45) is 0 Å². The largest absolute Gasteiger partial charge is 0.459 e. The highest BCUT2D eigenvalue weighted by Crippen LogP contribution is 2.28. The Balaban J connectivity index is 2.12. The summed E-state index contributed by atoms with van der Waals surface area (Å²) < 4.78 is 5.14. The van der Waals surface area contributed by atoms with Crippen LogP contribution in [0, 0.1) is 18.3 Å². The van der Waals surface area contributed by atoms with E-state index in [1.807, 2.05) is 6.92 Å². The number of hydrogen-bond donors (Lipinski definition) is 1. The van der Waals surface area contributed by atoms with Crippen molar-refractivity contribution in [1.29, 1.82) is 5.26 Å². The third-order valence-corrected chi connectivity index (χ3v) is 3.34. The third kappa shape index (κ3) is 2.33. The van der Waals surface area contributed by atoms with Gasteiger partial charge in [-0.05, 0) is 25.8 Å². The molecule has 1 aromatic heterocycles. The van der Waals surface area contributed by atoms with Crippen LogP contribution in [0.25, 0.3) is 0 Å². The minimum absolute atomic E-state index is 0.282. The topological polar surface area (TPSA) is 66.0 Å². The number of rotatable bonds is 2. The van der Waals surface area contributed by atoms with E-state index in [4.69, 9.17) is 4.42 Å². The van der Waals surface area contributed by atoms with Crippen molar-refractivity contribution < 1.29 is 9.21 Å². The van der Waals surface area contributed by atoms with Gasteiger partial charge in [0.05, 0.1) is 12.3 Å². The van der Waals surface area contributed by atoms with Crippen molar-refractivity contribution in [3.63, 3.8) is 0 Å². The molecular formula is C13H16N2O2. The molecule has 1 saturated carbocycles. The zero-order valence-corrected chi connectivity index (χ0v) is 9.95. The maximum Gasteiger partial charge on any atom is 0.288 e. The smallest absolute Gasteiger partial charge is 0.288 e. The van der Waals surface area contributed by atoms with Crippen molar-refractivity contribution in [3.05, 3.63) is 23.7 Å². The average Bonchev–Trinajstić information content (AvgIpc) is 2.77. The highest BCUT2D eigenvalue weighted by atomic mass is 16.3. The number of furan rings is 1. The van der Waals surface area contributed by atoms with E-state index < -0.39 is 5.54 Å². The molecule has 0 saturated heterocycles. The normalized spacial score (nSPS) is 18.4. The fourth-order valence-corrected chi connectivity index (χ4v) is 2.30. The number of nitriles is 1. The van der Waals surface area contributed by atoms with Crippen LogP contribution in [0.2, 0.25) is 0 Å². The zero-order chi connectivity index (χ0) is 12.3. The fraction of sp³-hybridized carbons (Fsp3) is 0.538. The molecule has 1 amide bonds. The summed E-state index contributed by atoms with van der Waals surface area (Å²) in [7, 11) is 0. The maximum absolute atomic E-state index is 12.0. The first-order valence-corrected chi connectivity index (χ1v) is 5.95. The van der Waals surface area contributed by atoms with Crippen LogP contribution in [0.4, 0.5) is 0 Å². The Hall–Kier alpha value is -1.76. The molecule has 1 aliphatic carbocycles. The fourth-order valence-electron chi connectivity index (χ4n) is 2.30. The number of aryl methyl sites for hydroxylation is 1. The monoisotopic (exact) mass is 232 g/mol. The number of carbonyl (C=O) groups excluding carboxylic acids is 1. The second-order valence-electron chi connectivity index (χ2n) is 4.64. The summed E-state index contributed by atoms with van der Waals surface area (Å²) in [4.78, 5) is 12.0. The molecule has 0 atom stereocenters. The summed E-state index contributed by atoms with van der Waals surface area (Å²) in [6.45, 7) is 1.82. The van der Waals surface area contributed by atoms with Crippen molar-refractivity contribution in [3.8, 4) is 6.07 Å². The molecule has 4 nitrogen and oxygen atoms in total. The minimum Gasteiger partial charge on any atom is -0.459 e. The standard InChI is InChI=1S/C13H16N2O2/c1-10-5-8-17-11(10)12(16)15-13(9-14)6-3-2-4-7-13/h5,8H,2-4,6-7H2,1H3,(H,15,16). The van der Waals surface area contributed by atoms with Gasteiger partial charge < -0.3 is 9.73 Å². The van der Waals surface area contributed by atoms with Gasteiger partial charge in [0.15, 0.2) is 5.76 Å². The molecule has 1 aliphatic rings. The molecule has 0 bridgehead atoms. The number of nitrogens with one attached hydrogen (secondary N) is 1. The number of nitrogens with zero attached hydrogens (tertiary/aromatic N) is 1. The average molecular weight is 232 g/mol. The van der Waals surface area contributed by atoms with Crippen molar-refractivity contribution in [1.82, 2.24) is 5.32 Å². The Morgan fingerprint density at radius 2 is 2.18 bits per heavy atom. The van der Waals surface area contributed by atoms with E-state index in [2.05, 4.69) is 11.4 Å². The Morgan fingerprint density at radius 3 is 2.71 bits per heavy atom. The molecule has 1 aromatic rings. The number of carbonyl (C=O) groups is 1. The minimum atomic E-state index is -0.700. The molecule has 1 fully saturated rings. The molecule has 0 spiro atoms.